The van der Waals surface area contributed by atoms with E-state index in [1.165, 1.54) is 25.3 Å². The summed E-state index contributed by atoms with van der Waals surface area (Å²) in [6, 6.07) is 4.72. The maximum atomic E-state index is 13.4. The highest BCUT2D eigenvalue weighted by atomic mass is 19.1. The zero-order chi connectivity index (χ0) is 10.7. The number of rotatable bonds is 2. The zero-order valence-corrected chi connectivity index (χ0v) is 8.67. The molecule has 15 heavy (non-hydrogen) atoms. The van der Waals surface area contributed by atoms with Crippen molar-refractivity contribution in [3.63, 3.8) is 0 Å². The van der Waals surface area contributed by atoms with Crippen molar-refractivity contribution in [2.45, 2.75) is 19.3 Å². The van der Waals surface area contributed by atoms with Gasteiger partial charge in [-0.05, 0) is 31.0 Å². The molecule has 1 saturated heterocycles. The Morgan fingerprint density at radius 3 is 2.60 bits per heavy atom. The first-order chi connectivity index (χ1) is 7.25. The molecule has 1 aliphatic heterocycles. The summed E-state index contributed by atoms with van der Waals surface area (Å²) in [4.78, 5) is 0. The Bertz CT molecular complexity index is 335. The summed E-state index contributed by atoms with van der Waals surface area (Å²) in [5, 5.41) is 2.05. The molecular formula is C11H16FN3. The van der Waals surface area contributed by atoms with Crippen LogP contribution in [0.3, 0.4) is 0 Å². The molecule has 0 bridgehead atoms. The minimum absolute atomic E-state index is 0.291. The van der Waals surface area contributed by atoms with Gasteiger partial charge in [0.05, 0.1) is 5.69 Å². The normalized spacial score (nSPS) is 17.7. The standard InChI is InChI=1S/C11H16FN3/c12-10-8-9(13)4-5-11(10)14-15-6-2-1-3-7-15/h4-5,8,14H,1-3,6-7,13H2. The van der Waals surface area contributed by atoms with Crippen LogP contribution in [0.25, 0.3) is 0 Å². The molecule has 2 rings (SSSR count). The van der Waals surface area contributed by atoms with Gasteiger partial charge < -0.3 is 11.2 Å². The Morgan fingerprint density at radius 2 is 1.93 bits per heavy atom. The summed E-state index contributed by atoms with van der Waals surface area (Å²) in [7, 11) is 0. The van der Waals surface area contributed by atoms with E-state index in [0.717, 1.165) is 13.1 Å². The number of hydrogen-bond acceptors (Lipinski definition) is 3. The van der Waals surface area contributed by atoms with E-state index in [4.69, 9.17) is 5.73 Å². The Balaban J connectivity index is 2.03. The Labute approximate surface area is 89.0 Å². The summed E-state index contributed by atoms with van der Waals surface area (Å²) in [6.07, 6.45) is 3.61. The van der Waals surface area contributed by atoms with Crippen molar-refractivity contribution >= 4 is 11.4 Å². The molecule has 0 amide bonds. The van der Waals surface area contributed by atoms with Crippen molar-refractivity contribution in [2.24, 2.45) is 0 Å². The van der Waals surface area contributed by atoms with Crippen molar-refractivity contribution in [1.82, 2.24) is 5.01 Å². The number of hydrogen-bond donors (Lipinski definition) is 2. The lowest BCUT2D eigenvalue weighted by Gasteiger charge is -2.28. The minimum Gasteiger partial charge on any atom is -0.399 e. The molecule has 0 unspecified atom stereocenters. The van der Waals surface area contributed by atoms with Gasteiger partial charge in [-0.3, -0.25) is 0 Å². The van der Waals surface area contributed by atoms with Gasteiger partial charge in [0, 0.05) is 18.8 Å². The fraction of sp³-hybridized carbons (Fsp3) is 0.455. The van der Waals surface area contributed by atoms with Gasteiger partial charge in [-0.1, -0.05) is 6.42 Å². The molecule has 3 nitrogen and oxygen atoms in total. The monoisotopic (exact) mass is 209 g/mol. The highest BCUT2D eigenvalue weighted by Crippen LogP contribution is 2.19. The molecule has 82 valence electrons. The van der Waals surface area contributed by atoms with Crippen molar-refractivity contribution < 1.29 is 4.39 Å². The molecule has 3 N–H and O–H groups in total. The lowest BCUT2D eigenvalue weighted by atomic mass is 10.2. The number of nitrogens with zero attached hydrogens (tertiary/aromatic N) is 1. The molecule has 0 aliphatic carbocycles. The smallest absolute Gasteiger partial charge is 0.149 e. The molecular weight excluding hydrogens is 193 g/mol. The van der Waals surface area contributed by atoms with Gasteiger partial charge in [-0.2, -0.15) is 0 Å². The number of hydrazine groups is 1. The predicted octanol–water partition coefficient (Wildman–Crippen LogP) is 2.22. The first-order valence-electron chi connectivity index (χ1n) is 5.32. The molecule has 1 aromatic rings. The van der Waals surface area contributed by atoms with Gasteiger partial charge in [0.25, 0.3) is 0 Å². The van der Waals surface area contributed by atoms with Crippen LogP contribution in [0.5, 0.6) is 0 Å². The molecule has 1 aromatic carbocycles. The molecule has 0 atom stereocenters. The van der Waals surface area contributed by atoms with Crippen LogP contribution in [0.4, 0.5) is 15.8 Å². The highest BCUT2D eigenvalue weighted by molar-refractivity contribution is 5.52. The lowest BCUT2D eigenvalue weighted by Crippen LogP contribution is -2.35. The largest absolute Gasteiger partial charge is 0.399 e. The SMILES string of the molecule is Nc1ccc(NN2CCCCC2)c(F)c1. The number of nitrogens with two attached hydrogens (primary N) is 1. The number of nitrogen functional groups attached to an aromatic ring is 1. The van der Waals surface area contributed by atoms with Crippen LogP contribution < -0.4 is 11.2 Å². The van der Waals surface area contributed by atoms with Gasteiger partial charge in [0.2, 0.25) is 0 Å². The summed E-state index contributed by atoms with van der Waals surface area (Å²) in [5.41, 5.74) is 9.52. The minimum atomic E-state index is -0.291. The van der Waals surface area contributed by atoms with E-state index in [1.807, 2.05) is 0 Å². The van der Waals surface area contributed by atoms with Crippen molar-refractivity contribution in [3.05, 3.63) is 24.0 Å². The highest BCUT2D eigenvalue weighted by Gasteiger charge is 2.11. The third-order valence-electron chi connectivity index (χ3n) is 2.63. The average molecular weight is 209 g/mol. The topological polar surface area (TPSA) is 41.3 Å². The second-order valence-electron chi connectivity index (χ2n) is 3.90. The summed E-state index contributed by atoms with van der Waals surface area (Å²) in [6.45, 7) is 1.95. The molecule has 0 spiro atoms. The molecule has 0 saturated carbocycles. The predicted molar refractivity (Wildman–Crippen MR) is 59.9 cm³/mol. The van der Waals surface area contributed by atoms with Crippen LogP contribution in [0, 0.1) is 5.82 Å². The summed E-state index contributed by atoms with van der Waals surface area (Å²) >= 11 is 0. The van der Waals surface area contributed by atoms with Crippen LogP contribution in [0.1, 0.15) is 19.3 Å². The van der Waals surface area contributed by atoms with E-state index in [2.05, 4.69) is 10.4 Å². The van der Waals surface area contributed by atoms with Gasteiger partial charge in [-0.25, -0.2) is 9.40 Å². The van der Waals surface area contributed by atoms with E-state index < -0.39 is 0 Å². The quantitative estimate of drug-likeness (QED) is 0.734. The van der Waals surface area contributed by atoms with Gasteiger partial charge in [0.15, 0.2) is 0 Å². The van der Waals surface area contributed by atoms with Crippen molar-refractivity contribution in [2.75, 3.05) is 24.2 Å². The third-order valence-corrected chi connectivity index (χ3v) is 2.63. The second kappa shape index (κ2) is 4.49. The summed E-state index contributed by atoms with van der Waals surface area (Å²) < 4.78 is 13.4. The fourth-order valence-electron chi connectivity index (χ4n) is 1.80. The summed E-state index contributed by atoms with van der Waals surface area (Å²) in [5.74, 6) is -0.291. The number of anilines is 2. The van der Waals surface area contributed by atoms with Crippen LogP contribution >= 0.6 is 0 Å². The maximum Gasteiger partial charge on any atom is 0.149 e. The molecule has 0 aromatic heterocycles. The molecule has 1 heterocycles. The average Bonchev–Trinajstić information content (AvgIpc) is 2.24. The van der Waals surface area contributed by atoms with E-state index in [-0.39, 0.29) is 5.82 Å². The lowest BCUT2D eigenvalue weighted by molar-refractivity contribution is 0.272. The van der Waals surface area contributed by atoms with Crippen LogP contribution in [-0.2, 0) is 0 Å². The first-order valence-corrected chi connectivity index (χ1v) is 5.32. The number of piperidine rings is 1. The molecule has 1 fully saturated rings. The number of benzene rings is 1. The van der Waals surface area contributed by atoms with Gasteiger partial charge in [0.1, 0.15) is 5.82 Å². The van der Waals surface area contributed by atoms with Crippen LogP contribution in [0.2, 0.25) is 0 Å². The van der Waals surface area contributed by atoms with Crippen molar-refractivity contribution in [1.29, 1.82) is 0 Å². The van der Waals surface area contributed by atoms with E-state index >= 15 is 0 Å². The Kier molecular flexibility index (Phi) is 3.06. The Morgan fingerprint density at radius 1 is 1.20 bits per heavy atom. The molecule has 4 heteroatoms. The van der Waals surface area contributed by atoms with Crippen LogP contribution in [0.15, 0.2) is 18.2 Å². The van der Waals surface area contributed by atoms with E-state index in [9.17, 15) is 4.39 Å². The zero-order valence-electron chi connectivity index (χ0n) is 8.67. The van der Waals surface area contributed by atoms with Crippen molar-refractivity contribution in [3.8, 4) is 0 Å². The Hall–Kier alpha value is -1.29. The van der Waals surface area contributed by atoms with Gasteiger partial charge in [-0.15, -0.1) is 0 Å². The van der Waals surface area contributed by atoms with E-state index in [0.29, 0.717) is 11.4 Å². The van der Waals surface area contributed by atoms with E-state index in [1.54, 1.807) is 12.1 Å². The third kappa shape index (κ3) is 2.59. The first kappa shape index (κ1) is 10.2. The maximum absolute atomic E-state index is 13.4. The second-order valence-corrected chi connectivity index (χ2v) is 3.90. The van der Waals surface area contributed by atoms with Gasteiger partial charge >= 0.3 is 0 Å². The number of nitrogens with one attached hydrogen (secondary N) is 1. The molecule has 1 aliphatic rings. The van der Waals surface area contributed by atoms with Crippen LogP contribution in [-0.4, -0.2) is 18.1 Å². The number of halogens is 1. The fourth-order valence-corrected chi connectivity index (χ4v) is 1.80. The molecule has 0 radical (unpaired) electrons.